The molecule has 10 nitrogen and oxygen atoms in total. The quantitative estimate of drug-likeness (QED) is 0.160. The van der Waals surface area contributed by atoms with E-state index in [9.17, 15) is 37.1 Å². The topological polar surface area (TPSA) is 131 Å². The van der Waals surface area contributed by atoms with Gasteiger partial charge in [0.05, 0.1) is 12.3 Å². The van der Waals surface area contributed by atoms with Gasteiger partial charge >= 0.3 is 17.8 Å². The van der Waals surface area contributed by atoms with Crippen molar-refractivity contribution in [1.82, 2.24) is 10.2 Å². The van der Waals surface area contributed by atoms with Gasteiger partial charge in [0.2, 0.25) is 11.7 Å². The van der Waals surface area contributed by atoms with Crippen LogP contribution in [0.1, 0.15) is 44.7 Å². The molecule has 0 saturated carbocycles. The van der Waals surface area contributed by atoms with Gasteiger partial charge in [0.15, 0.2) is 17.3 Å². The van der Waals surface area contributed by atoms with Crippen LogP contribution in [-0.2, 0) is 34.1 Å². The van der Waals surface area contributed by atoms with Crippen molar-refractivity contribution < 1.29 is 46.6 Å². The second-order valence-corrected chi connectivity index (χ2v) is 12.0. The van der Waals surface area contributed by atoms with E-state index < -0.39 is 77.7 Å². The molecule has 0 unspecified atom stereocenters. The Morgan fingerprint density at radius 3 is 2.47 bits per heavy atom. The van der Waals surface area contributed by atoms with Gasteiger partial charge in [-0.1, -0.05) is 63.8 Å². The number of para-hydroxylation sites is 1. The number of nitrogens with zero attached hydrogens (tertiary/aromatic N) is 1. The van der Waals surface area contributed by atoms with Gasteiger partial charge in [-0.05, 0) is 30.4 Å². The van der Waals surface area contributed by atoms with Crippen LogP contribution in [0.25, 0.3) is 0 Å². The molecule has 0 bridgehead atoms. The van der Waals surface area contributed by atoms with Gasteiger partial charge in [-0.2, -0.15) is 4.39 Å². The van der Waals surface area contributed by atoms with E-state index in [0.29, 0.717) is 11.8 Å². The van der Waals surface area contributed by atoms with Gasteiger partial charge in [0, 0.05) is 30.4 Å². The summed E-state index contributed by atoms with van der Waals surface area (Å²) in [5, 5.41) is 5.11. The van der Waals surface area contributed by atoms with Crippen molar-refractivity contribution in [2.45, 2.75) is 52.0 Å². The first-order chi connectivity index (χ1) is 22.1. The van der Waals surface area contributed by atoms with Crippen molar-refractivity contribution in [3.8, 4) is 5.75 Å². The lowest BCUT2D eigenvalue weighted by Crippen LogP contribution is -2.49. The van der Waals surface area contributed by atoms with E-state index in [1.807, 2.05) is 32.9 Å². The molecule has 1 aliphatic rings. The number of rotatable bonds is 11. The minimum Gasteiger partial charge on any atom is -0.482 e. The molecule has 0 radical (unpaired) electrons. The number of hydrogen-bond donors (Lipinski definition) is 2. The van der Waals surface area contributed by atoms with Gasteiger partial charge in [-0.15, -0.1) is 0 Å². The Bertz CT molecular complexity index is 1540. The van der Waals surface area contributed by atoms with Crippen molar-refractivity contribution in [3.63, 3.8) is 0 Å². The second kappa shape index (κ2) is 16.1. The number of hydrogen-bond acceptors (Lipinski definition) is 7. The van der Waals surface area contributed by atoms with Crippen molar-refractivity contribution >= 4 is 35.2 Å². The Hall–Kier alpha value is -4.94. The molecule has 252 valence electrons. The molecular weight excluding hydrogens is 619 g/mol. The number of nitrogens with one attached hydrogen (secondary N) is 2. The summed E-state index contributed by atoms with van der Waals surface area (Å²) in [6, 6.07) is 5.88. The number of anilines is 1. The molecule has 0 spiro atoms. The van der Waals surface area contributed by atoms with Crippen LogP contribution in [0.3, 0.4) is 0 Å². The second-order valence-electron chi connectivity index (χ2n) is 12.0. The standard InChI is InChI=1S/C34H38F3N3O7/c1-6-15-46-28(42)17-26(27(41)19-47-30-20(2)23(35)16-24(36)29(30)37)39-31(43)21-11-9-10-14-40(18-21)33(45)32(44)38-25-13-8-7-12-22(25)34(3,4)5/h6-10,12-13,16,21,26H,1,11,14-15,17-19H2,2-5H3,(H,38,44)(H,39,43)/t21-,26+/m1/s1. The smallest absolute Gasteiger partial charge is 0.313 e. The highest BCUT2D eigenvalue weighted by Crippen LogP contribution is 2.30. The minimum absolute atomic E-state index is 0.0378. The van der Waals surface area contributed by atoms with Crippen LogP contribution in [0.5, 0.6) is 5.75 Å². The van der Waals surface area contributed by atoms with E-state index in [2.05, 4.69) is 17.2 Å². The third-order valence-corrected chi connectivity index (χ3v) is 7.35. The predicted molar refractivity (Wildman–Crippen MR) is 167 cm³/mol. The number of ether oxygens (including phenoxy) is 2. The van der Waals surface area contributed by atoms with Crippen LogP contribution in [0.15, 0.2) is 55.1 Å². The molecule has 2 N–H and O–H groups in total. The lowest BCUT2D eigenvalue weighted by Gasteiger charge is -2.26. The highest BCUT2D eigenvalue weighted by atomic mass is 19.2. The van der Waals surface area contributed by atoms with Gasteiger partial charge in [0.1, 0.15) is 25.1 Å². The molecule has 2 atom stereocenters. The lowest BCUT2D eigenvalue weighted by molar-refractivity contribution is -0.145. The molecule has 0 aliphatic carbocycles. The highest BCUT2D eigenvalue weighted by molar-refractivity contribution is 6.39. The number of carbonyl (C=O) groups is 5. The Balaban J connectivity index is 1.74. The van der Waals surface area contributed by atoms with Crippen molar-refractivity contribution in [2.75, 3.05) is 31.6 Å². The molecule has 2 aromatic carbocycles. The summed E-state index contributed by atoms with van der Waals surface area (Å²) in [7, 11) is 0. The number of allylic oxidation sites excluding steroid dienone is 1. The minimum atomic E-state index is -1.55. The fourth-order valence-corrected chi connectivity index (χ4v) is 4.79. The monoisotopic (exact) mass is 657 g/mol. The molecule has 1 heterocycles. The zero-order chi connectivity index (χ0) is 34.9. The Morgan fingerprint density at radius 1 is 1.09 bits per heavy atom. The summed E-state index contributed by atoms with van der Waals surface area (Å²) < 4.78 is 52.0. The summed E-state index contributed by atoms with van der Waals surface area (Å²) in [5.41, 5.74) is 0.587. The maximum Gasteiger partial charge on any atom is 0.313 e. The maximum atomic E-state index is 14.3. The number of esters is 1. The average Bonchev–Trinajstić information content (AvgIpc) is 3.28. The largest absolute Gasteiger partial charge is 0.482 e. The molecule has 0 fully saturated rings. The van der Waals surface area contributed by atoms with Crippen LogP contribution in [0.2, 0.25) is 0 Å². The molecule has 47 heavy (non-hydrogen) atoms. The summed E-state index contributed by atoms with van der Waals surface area (Å²) >= 11 is 0. The van der Waals surface area contributed by atoms with Gasteiger partial charge in [-0.3, -0.25) is 24.0 Å². The number of benzene rings is 2. The maximum absolute atomic E-state index is 14.3. The molecule has 2 aromatic rings. The third kappa shape index (κ3) is 9.77. The number of ketones is 1. The predicted octanol–water partition coefficient (Wildman–Crippen LogP) is 4.31. The van der Waals surface area contributed by atoms with Crippen LogP contribution in [-0.4, -0.2) is 66.7 Å². The summed E-state index contributed by atoms with van der Waals surface area (Å²) in [6.45, 7) is 9.16. The van der Waals surface area contributed by atoms with Crippen LogP contribution in [0, 0.1) is 30.3 Å². The molecule has 13 heteroatoms. The normalized spacial score (nSPS) is 15.2. The van der Waals surface area contributed by atoms with E-state index >= 15 is 0 Å². The molecular formula is C34H38F3N3O7. The number of carbonyl (C=O) groups excluding carboxylic acids is 5. The molecule has 3 amide bonds. The van der Waals surface area contributed by atoms with E-state index in [1.165, 1.54) is 11.0 Å². The van der Waals surface area contributed by atoms with Crippen molar-refractivity contribution in [3.05, 3.63) is 83.7 Å². The van der Waals surface area contributed by atoms with Crippen LogP contribution < -0.4 is 15.4 Å². The molecule has 3 rings (SSSR count). The Kier molecular flexibility index (Phi) is 12.5. The fraction of sp³-hybridized carbons (Fsp3) is 0.382. The van der Waals surface area contributed by atoms with Crippen molar-refractivity contribution in [2.24, 2.45) is 5.92 Å². The zero-order valence-corrected chi connectivity index (χ0v) is 26.7. The Labute approximate surface area is 271 Å². The first kappa shape index (κ1) is 36.5. The van der Waals surface area contributed by atoms with E-state index in [4.69, 9.17) is 9.47 Å². The first-order valence-corrected chi connectivity index (χ1v) is 14.8. The highest BCUT2D eigenvalue weighted by Gasteiger charge is 2.33. The molecule has 0 saturated heterocycles. The number of halogens is 3. The SMILES string of the molecule is C=CCOC(=O)C[C@H](NC(=O)[C@@H]1CC=CCN(C(=O)C(=O)Nc2ccccc2C(C)(C)C)C1)C(=O)COc1c(C)c(F)cc(F)c1F. The first-order valence-electron chi connectivity index (χ1n) is 14.8. The van der Waals surface area contributed by atoms with Gasteiger partial charge < -0.3 is 25.0 Å². The van der Waals surface area contributed by atoms with E-state index in [0.717, 1.165) is 12.5 Å². The van der Waals surface area contributed by atoms with Crippen LogP contribution in [0.4, 0.5) is 18.9 Å². The van der Waals surface area contributed by atoms with E-state index in [-0.39, 0.29) is 37.1 Å². The molecule has 0 aromatic heterocycles. The number of Topliss-reactive ketones (excluding diaryl/α,β-unsaturated/α-hetero) is 1. The van der Waals surface area contributed by atoms with Gasteiger partial charge in [0.25, 0.3) is 0 Å². The molecule has 1 aliphatic heterocycles. The fourth-order valence-electron chi connectivity index (χ4n) is 4.79. The van der Waals surface area contributed by atoms with Crippen LogP contribution >= 0.6 is 0 Å². The van der Waals surface area contributed by atoms with Gasteiger partial charge in [-0.25, -0.2) is 8.78 Å². The summed E-state index contributed by atoms with van der Waals surface area (Å²) in [5.74, 6) is -10.2. The zero-order valence-electron chi connectivity index (χ0n) is 26.7. The summed E-state index contributed by atoms with van der Waals surface area (Å²) in [4.78, 5) is 66.3. The van der Waals surface area contributed by atoms with E-state index in [1.54, 1.807) is 24.3 Å². The number of amides is 3. The summed E-state index contributed by atoms with van der Waals surface area (Å²) in [6.07, 6.45) is 4.05. The Morgan fingerprint density at radius 2 is 1.79 bits per heavy atom. The third-order valence-electron chi connectivity index (χ3n) is 7.35. The average molecular weight is 658 g/mol. The lowest BCUT2D eigenvalue weighted by atomic mass is 9.86. The van der Waals surface area contributed by atoms with Crippen molar-refractivity contribution in [1.29, 1.82) is 0 Å².